The number of hydrogen-bond acceptors (Lipinski definition) is 6. The van der Waals surface area contributed by atoms with Crippen LogP contribution in [0.25, 0.3) is 15.9 Å². The Morgan fingerprint density at radius 2 is 1.91 bits per heavy atom. The molecular weight excluding hydrogens is 312 g/mol. The van der Waals surface area contributed by atoms with E-state index >= 15 is 0 Å². The number of rotatable bonds is 3. The maximum absolute atomic E-state index is 12.5. The predicted octanol–water partition coefficient (Wildman–Crippen LogP) is 3.06. The number of methoxy groups -OCH3 is 1. The van der Waals surface area contributed by atoms with Crippen LogP contribution in [-0.2, 0) is 0 Å². The van der Waals surface area contributed by atoms with E-state index in [9.17, 15) is 4.79 Å². The SMILES string of the molecule is COc1ccccc1Nc1nn2c(=O)c3ccccc3nc2s1. The summed E-state index contributed by atoms with van der Waals surface area (Å²) in [6.45, 7) is 0. The van der Waals surface area contributed by atoms with Crippen LogP contribution in [0.5, 0.6) is 5.75 Å². The Bertz CT molecular complexity index is 1070. The molecule has 0 atom stereocenters. The second kappa shape index (κ2) is 5.36. The van der Waals surface area contributed by atoms with Crippen molar-refractivity contribution in [2.45, 2.75) is 0 Å². The first-order valence-electron chi connectivity index (χ1n) is 6.95. The van der Waals surface area contributed by atoms with Gasteiger partial charge in [0.05, 0.1) is 23.7 Å². The zero-order valence-electron chi connectivity index (χ0n) is 12.2. The average molecular weight is 324 g/mol. The highest BCUT2D eigenvalue weighted by atomic mass is 32.1. The van der Waals surface area contributed by atoms with Crippen molar-refractivity contribution in [2.24, 2.45) is 0 Å². The second-order valence-electron chi connectivity index (χ2n) is 4.86. The van der Waals surface area contributed by atoms with Gasteiger partial charge in [-0.3, -0.25) is 4.79 Å². The molecule has 4 rings (SSSR count). The van der Waals surface area contributed by atoms with E-state index in [0.29, 0.717) is 26.7 Å². The monoisotopic (exact) mass is 324 g/mol. The van der Waals surface area contributed by atoms with Crippen LogP contribution in [-0.4, -0.2) is 21.7 Å². The Labute approximate surface area is 135 Å². The van der Waals surface area contributed by atoms with Crippen molar-refractivity contribution in [3.8, 4) is 5.75 Å². The van der Waals surface area contributed by atoms with Gasteiger partial charge in [-0.05, 0) is 24.3 Å². The standard InChI is InChI=1S/C16H12N4O2S/c1-22-13-9-5-4-8-12(13)17-15-19-20-14(21)10-6-2-3-7-11(10)18-16(20)23-15/h2-9H,1H3,(H,17,19). The van der Waals surface area contributed by atoms with Crippen LogP contribution in [0.2, 0.25) is 0 Å². The molecule has 0 spiro atoms. The van der Waals surface area contributed by atoms with Crippen molar-refractivity contribution >= 4 is 38.0 Å². The maximum Gasteiger partial charge on any atom is 0.283 e. The van der Waals surface area contributed by atoms with Crippen molar-refractivity contribution in [2.75, 3.05) is 12.4 Å². The van der Waals surface area contributed by atoms with Crippen LogP contribution in [0.1, 0.15) is 0 Å². The normalized spacial score (nSPS) is 11.0. The Kier molecular flexibility index (Phi) is 3.20. The fraction of sp³-hybridized carbons (Fsp3) is 0.0625. The molecule has 114 valence electrons. The number of nitrogens with zero attached hydrogens (tertiary/aromatic N) is 3. The molecule has 0 aliphatic carbocycles. The third kappa shape index (κ3) is 2.31. The minimum atomic E-state index is -0.171. The van der Waals surface area contributed by atoms with E-state index in [1.54, 1.807) is 13.2 Å². The van der Waals surface area contributed by atoms with Gasteiger partial charge in [-0.1, -0.05) is 35.6 Å². The number of nitrogens with one attached hydrogen (secondary N) is 1. The number of benzene rings is 2. The lowest BCUT2D eigenvalue weighted by molar-refractivity contribution is 0.417. The fourth-order valence-corrected chi connectivity index (χ4v) is 3.18. The first-order valence-corrected chi connectivity index (χ1v) is 7.76. The third-order valence-electron chi connectivity index (χ3n) is 3.45. The van der Waals surface area contributed by atoms with Crippen LogP contribution >= 0.6 is 11.3 Å². The minimum Gasteiger partial charge on any atom is -0.495 e. The van der Waals surface area contributed by atoms with Crippen molar-refractivity contribution < 1.29 is 4.74 Å². The van der Waals surface area contributed by atoms with E-state index in [0.717, 1.165) is 5.69 Å². The maximum atomic E-state index is 12.5. The van der Waals surface area contributed by atoms with E-state index < -0.39 is 0 Å². The lowest BCUT2D eigenvalue weighted by atomic mass is 10.2. The van der Waals surface area contributed by atoms with E-state index in [-0.39, 0.29) is 5.56 Å². The van der Waals surface area contributed by atoms with Gasteiger partial charge in [0.25, 0.3) is 5.56 Å². The van der Waals surface area contributed by atoms with E-state index in [1.165, 1.54) is 15.9 Å². The van der Waals surface area contributed by atoms with Crippen molar-refractivity contribution in [3.05, 3.63) is 58.9 Å². The molecule has 1 N–H and O–H groups in total. The van der Waals surface area contributed by atoms with Crippen molar-refractivity contribution in [3.63, 3.8) is 0 Å². The van der Waals surface area contributed by atoms with Gasteiger partial charge in [0.1, 0.15) is 5.75 Å². The van der Waals surface area contributed by atoms with Crippen molar-refractivity contribution in [1.82, 2.24) is 14.6 Å². The molecule has 6 nitrogen and oxygen atoms in total. The molecule has 0 saturated heterocycles. The number of ether oxygens (including phenoxy) is 1. The highest BCUT2D eigenvalue weighted by molar-refractivity contribution is 7.20. The van der Waals surface area contributed by atoms with E-state index in [1.807, 2.05) is 42.5 Å². The van der Waals surface area contributed by atoms with Gasteiger partial charge in [-0.2, -0.15) is 4.52 Å². The van der Waals surface area contributed by atoms with Crippen molar-refractivity contribution in [1.29, 1.82) is 0 Å². The summed E-state index contributed by atoms with van der Waals surface area (Å²) in [6.07, 6.45) is 0. The topological polar surface area (TPSA) is 68.5 Å². The lowest BCUT2D eigenvalue weighted by Gasteiger charge is -2.07. The summed E-state index contributed by atoms with van der Waals surface area (Å²) in [6, 6.07) is 14.8. The summed E-state index contributed by atoms with van der Waals surface area (Å²) in [5.41, 5.74) is 1.28. The van der Waals surface area contributed by atoms with Gasteiger partial charge >= 0.3 is 0 Å². The van der Waals surface area contributed by atoms with Crippen LogP contribution in [0.3, 0.4) is 0 Å². The van der Waals surface area contributed by atoms with Crippen LogP contribution in [0.4, 0.5) is 10.8 Å². The third-order valence-corrected chi connectivity index (χ3v) is 4.28. The highest BCUT2D eigenvalue weighted by Crippen LogP contribution is 2.29. The Morgan fingerprint density at radius 1 is 1.13 bits per heavy atom. The Morgan fingerprint density at radius 3 is 2.78 bits per heavy atom. The molecule has 0 bridgehead atoms. The predicted molar refractivity (Wildman–Crippen MR) is 90.9 cm³/mol. The van der Waals surface area contributed by atoms with Gasteiger partial charge < -0.3 is 10.1 Å². The lowest BCUT2D eigenvalue weighted by Crippen LogP contribution is -2.15. The van der Waals surface area contributed by atoms with Crippen LogP contribution in [0, 0.1) is 0 Å². The summed E-state index contributed by atoms with van der Waals surface area (Å²) < 4.78 is 6.63. The van der Waals surface area contributed by atoms with E-state index in [2.05, 4.69) is 15.4 Å². The molecule has 0 radical (unpaired) electrons. The van der Waals surface area contributed by atoms with Gasteiger partial charge in [0, 0.05) is 0 Å². The fourth-order valence-electron chi connectivity index (χ4n) is 2.37. The largest absolute Gasteiger partial charge is 0.495 e. The minimum absolute atomic E-state index is 0.171. The summed E-state index contributed by atoms with van der Waals surface area (Å²) in [5, 5.41) is 8.64. The Hall–Kier alpha value is -2.93. The molecule has 2 heterocycles. The summed E-state index contributed by atoms with van der Waals surface area (Å²) in [5.74, 6) is 0.706. The molecule has 0 unspecified atom stereocenters. The number of anilines is 2. The zero-order valence-corrected chi connectivity index (χ0v) is 13.0. The van der Waals surface area contributed by atoms with Crippen LogP contribution in [0.15, 0.2) is 53.3 Å². The molecule has 0 amide bonds. The van der Waals surface area contributed by atoms with Gasteiger partial charge in [-0.25, -0.2) is 4.98 Å². The van der Waals surface area contributed by atoms with E-state index in [4.69, 9.17) is 4.74 Å². The molecule has 0 saturated carbocycles. The molecule has 2 aromatic carbocycles. The number of aromatic nitrogens is 3. The average Bonchev–Trinajstić information content (AvgIpc) is 2.98. The first kappa shape index (κ1) is 13.7. The molecule has 2 aromatic heterocycles. The Balaban J connectivity index is 1.84. The second-order valence-corrected chi connectivity index (χ2v) is 5.82. The van der Waals surface area contributed by atoms with Gasteiger partial charge in [0.15, 0.2) is 0 Å². The molecule has 23 heavy (non-hydrogen) atoms. The first-order chi connectivity index (χ1) is 11.3. The van der Waals surface area contributed by atoms with Gasteiger partial charge in [-0.15, -0.1) is 5.10 Å². The molecule has 4 aromatic rings. The molecule has 7 heteroatoms. The molecule has 0 aliphatic heterocycles. The molecule has 0 aliphatic rings. The quantitative estimate of drug-likeness (QED) is 0.627. The summed E-state index contributed by atoms with van der Waals surface area (Å²) >= 11 is 1.31. The number of para-hydroxylation sites is 3. The number of fused-ring (bicyclic) bond motifs is 2. The molecule has 0 fully saturated rings. The molecular formula is C16H12N4O2S. The van der Waals surface area contributed by atoms with Gasteiger partial charge in [0.2, 0.25) is 10.1 Å². The number of hydrogen-bond donors (Lipinski definition) is 1. The highest BCUT2D eigenvalue weighted by Gasteiger charge is 2.11. The zero-order chi connectivity index (χ0) is 15.8. The van der Waals surface area contributed by atoms with Crippen LogP contribution < -0.4 is 15.6 Å². The summed E-state index contributed by atoms with van der Waals surface area (Å²) in [4.78, 5) is 17.5. The summed E-state index contributed by atoms with van der Waals surface area (Å²) in [7, 11) is 1.61. The smallest absolute Gasteiger partial charge is 0.283 e.